The van der Waals surface area contributed by atoms with E-state index in [0.29, 0.717) is 5.75 Å². The number of benzene rings is 3. The summed E-state index contributed by atoms with van der Waals surface area (Å²) in [6.07, 6.45) is 0.211. The zero-order valence-corrected chi connectivity index (χ0v) is 14.5. The Labute approximate surface area is 152 Å². The first-order chi connectivity index (χ1) is 12.9. The van der Waals surface area contributed by atoms with Gasteiger partial charge in [0.2, 0.25) is 0 Å². The lowest BCUT2D eigenvalue weighted by Crippen LogP contribution is -1.99. The molecule has 3 aromatic rings. The number of methoxy groups -OCH3 is 1. The average molecular weight is 378 g/mol. The molecule has 0 aliphatic heterocycles. The van der Waals surface area contributed by atoms with Crippen LogP contribution in [0.4, 0.5) is 22.0 Å². The van der Waals surface area contributed by atoms with Crippen molar-refractivity contribution < 1.29 is 26.7 Å². The molecule has 0 aliphatic rings. The Morgan fingerprint density at radius 2 is 1.52 bits per heavy atom. The maximum Gasteiger partial charge on any atom is 0.169 e. The van der Waals surface area contributed by atoms with Gasteiger partial charge >= 0.3 is 0 Å². The summed E-state index contributed by atoms with van der Waals surface area (Å²) < 4.78 is 77.0. The molecule has 6 heteroatoms. The number of hydrogen-bond donors (Lipinski definition) is 0. The van der Waals surface area contributed by atoms with Gasteiger partial charge in [-0.2, -0.15) is 0 Å². The van der Waals surface area contributed by atoms with Crippen LogP contribution in [0.5, 0.6) is 5.75 Å². The first-order valence-corrected chi connectivity index (χ1v) is 8.18. The van der Waals surface area contributed by atoms with E-state index in [4.69, 9.17) is 4.74 Å². The van der Waals surface area contributed by atoms with E-state index in [1.807, 2.05) is 0 Å². The smallest absolute Gasteiger partial charge is 0.169 e. The minimum atomic E-state index is -1.50. The fourth-order valence-corrected chi connectivity index (χ4v) is 2.85. The van der Waals surface area contributed by atoms with Crippen LogP contribution in [0.2, 0.25) is 0 Å². The van der Waals surface area contributed by atoms with Crippen molar-refractivity contribution in [2.75, 3.05) is 7.11 Å². The number of hydrogen-bond acceptors (Lipinski definition) is 1. The Hall–Kier alpha value is -2.89. The van der Waals surface area contributed by atoms with Crippen LogP contribution in [0, 0.1) is 17.5 Å². The summed E-state index contributed by atoms with van der Waals surface area (Å²) in [7, 11) is 1.42. The first-order valence-electron chi connectivity index (χ1n) is 8.18. The lowest BCUT2D eigenvalue weighted by molar-refractivity contribution is 0.414. The third-order valence-corrected chi connectivity index (χ3v) is 4.35. The van der Waals surface area contributed by atoms with Crippen molar-refractivity contribution in [1.82, 2.24) is 0 Å². The zero-order chi connectivity index (χ0) is 19.7. The molecule has 27 heavy (non-hydrogen) atoms. The predicted molar refractivity (Wildman–Crippen MR) is 95.2 cm³/mol. The molecular formula is C21H15F5O. The summed E-state index contributed by atoms with van der Waals surface area (Å²) in [5, 5.41) is -0.635. The van der Waals surface area contributed by atoms with E-state index in [2.05, 4.69) is 0 Å². The highest BCUT2D eigenvalue weighted by molar-refractivity contribution is 5.91. The lowest BCUT2D eigenvalue weighted by atomic mass is 9.99. The quantitative estimate of drug-likeness (QED) is 0.367. The van der Waals surface area contributed by atoms with Crippen LogP contribution in [-0.4, -0.2) is 7.11 Å². The van der Waals surface area contributed by atoms with Crippen LogP contribution in [0.3, 0.4) is 0 Å². The molecule has 0 saturated carbocycles. The fraction of sp³-hybridized carbons (Fsp3) is 0.143. The largest absolute Gasteiger partial charge is 0.497 e. The standard InChI is InChI=1S/C21H15F5O/c1-3-11-10-13-6-9-15(19(24)16(13)21(26)17(11)22)20(25)18(23)12-4-7-14(27-2)8-5-12/h4-10H,3H2,1-2H3. The minimum Gasteiger partial charge on any atom is -0.497 e. The highest BCUT2D eigenvalue weighted by Crippen LogP contribution is 2.35. The lowest BCUT2D eigenvalue weighted by Gasteiger charge is -2.10. The predicted octanol–water partition coefficient (Wildman–Crippen LogP) is 6.59. The van der Waals surface area contributed by atoms with Crippen molar-refractivity contribution in [3.05, 3.63) is 76.6 Å². The van der Waals surface area contributed by atoms with Gasteiger partial charge in [-0.05, 0) is 53.8 Å². The fourth-order valence-electron chi connectivity index (χ4n) is 2.85. The number of halogens is 5. The number of ether oxygens (including phenoxy) is 1. The summed E-state index contributed by atoms with van der Waals surface area (Å²) in [6.45, 7) is 1.63. The SMILES string of the molecule is CCc1cc2ccc(C(F)=C(F)c3ccc(OC)cc3)c(F)c2c(F)c1F. The van der Waals surface area contributed by atoms with Crippen LogP contribution < -0.4 is 4.74 Å². The molecule has 140 valence electrons. The third-order valence-electron chi connectivity index (χ3n) is 4.35. The van der Waals surface area contributed by atoms with E-state index in [0.717, 1.165) is 6.07 Å². The van der Waals surface area contributed by atoms with Crippen molar-refractivity contribution in [2.24, 2.45) is 0 Å². The van der Waals surface area contributed by atoms with Crippen LogP contribution in [-0.2, 0) is 6.42 Å². The highest BCUT2D eigenvalue weighted by Gasteiger charge is 2.22. The summed E-state index contributed by atoms with van der Waals surface area (Å²) in [5.74, 6) is -6.34. The molecule has 0 aliphatic carbocycles. The van der Waals surface area contributed by atoms with Crippen molar-refractivity contribution in [3.63, 3.8) is 0 Å². The number of fused-ring (bicyclic) bond motifs is 1. The second kappa shape index (κ2) is 7.39. The Kier molecular flexibility index (Phi) is 5.17. The van der Waals surface area contributed by atoms with Gasteiger partial charge in [-0.15, -0.1) is 0 Å². The van der Waals surface area contributed by atoms with E-state index in [1.54, 1.807) is 6.92 Å². The van der Waals surface area contributed by atoms with Crippen LogP contribution in [0.25, 0.3) is 22.4 Å². The second-order valence-corrected chi connectivity index (χ2v) is 5.90. The summed E-state index contributed by atoms with van der Waals surface area (Å²) in [4.78, 5) is 0. The topological polar surface area (TPSA) is 9.23 Å². The van der Waals surface area contributed by atoms with Crippen molar-refractivity contribution in [3.8, 4) is 5.75 Å². The molecule has 3 aromatic carbocycles. The van der Waals surface area contributed by atoms with Gasteiger partial charge in [-0.3, -0.25) is 0 Å². The summed E-state index contributed by atoms with van der Waals surface area (Å²) >= 11 is 0. The van der Waals surface area contributed by atoms with Gasteiger partial charge in [-0.1, -0.05) is 13.0 Å². The van der Waals surface area contributed by atoms with Gasteiger partial charge in [0.1, 0.15) is 11.6 Å². The van der Waals surface area contributed by atoms with Gasteiger partial charge < -0.3 is 4.74 Å². The van der Waals surface area contributed by atoms with E-state index in [9.17, 15) is 22.0 Å². The van der Waals surface area contributed by atoms with Crippen LogP contribution in [0.1, 0.15) is 23.6 Å². The molecule has 0 heterocycles. The maximum atomic E-state index is 14.7. The molecule has 0 amide bonds. The molecule has 1 nitrogen and oxygen atoms in total. The van der Waals surface area contributed by atoms with Crippen LogP contribution >= 0.6 is 0 Å². The molecule has 0 atom stereocenters. The average Bonchev–Trinajstić information content (AvgIpc) is 2.69. The Bertz CT molecular complexity index is 1040. The molecule has 0 spiro atoms. The van der Waals surface area contributed by atoms with E-state index in [1.165, 1.54) is 43.5 Å². The van der Waals surface area contributed by atoms with Gasteiger partial charge in [-0.25, -0.2) is 22.0 Å². The van der Waals surface area contributed by atoms with E-state index in [-0.39, 0.29) is 22.9 Å². The minimum absolute atomic E-state index is 0.0738. The second-order valence-electron chi connectivity index (χ2n) is 5.90. The summed E-state index contributed by atoms with van der Waals surface area (Å²) in [5.41, 5.74) is -0.841. The maximum absolute atomic E-state index is 14.7. The van der Waals surface area contributed by atoms with Crippen molar-refractivity contribution in [1.29, 1.82) is 0 Å². The molecule has 3 rings (SSSR count). The van der Waals surface area contributed by atoms with E-state index < -0.39 is 40.1 Å². The van der Waals surface area contributed by atoms with Gasteiger partial charge in [0.05, 0.1) is 12.5 Å². The molecule has 0 unspecified atom stereocenters. The number of rotatable bonds is 4. The Morgan fingerprint density at radius 1 is 0.852 bits per heavy atom. The van der Waals surface area contributed by atoms with Crippen molar-refractivity contribution >= 4 is 22.4 Å². The summed E-state index contributed by atoms with van der Waals surface area (Å²) in [6, 6.07) is 8.90. The van der Waals surface area contributed by atoms with Crippen LogP contribution in [0.15, 0.2) is 42.5 Å². The van der Waals surface area contributed by atoms with Gasteiger partial charge in [0.25, 0.3) is 0 Å². The Morgan fingerprint density at radius 3 is 2.11 bits per heavy atom. The van der Waals surface area contributed by atoms with Gasteiger partial charge in [0.15, 0.2) is 23.3 Å². The van der Waals surface area contributed by atoms with Gasteiger partial charge in [0, 0.05) is 11.1 Å². The van der Waals surface area contributed by atoms with E-state index >= 15 is 0 Å². The van der Waals surface area contributed by atoms with Crippen molar-refractivity contribution in [2.45, 2.75) is 13.3 Å². The molecule has 0 fully saturated rings. The molecule has 0 aromatic heterocycles. The molecule has 0 radical (unpaired) electrons. The molecule has 0 saturated heterocycles. The molecule has 0 bridgehead atoms. The molecule has 0 N–H and O–H groups in total. The first kappa shape index (κ1) is 18.9. The normalized spacial score (nSPS) is 12.3. The molecular weight excluding hydrogens is 363 g/mol. The Balaban J connectivity index is 2.18. The monoisotopic (exact) mass is 378 g/mol. The zero-order valence-electron chi connectivity index (χ0n) is 14.5. The highest BCUT2D eigenvalue weighted by atomic mass is 19.2. The third kappa shape index (κ3) is 3.27. The number of aryl methyl sites for hydroxylation is 1.